The Kier molecular flexibility index (Phi) is 9.25. The summed E-state index contributed by atoms with van der Waals surface area (Å²) in [6.07, 6.45) is 6.72. The molecule has 0 atom stereocenters. The van der Waals surface area contributed by atoms with Gasteiger partial charge in [0.15, 0.2) is 0 Å². The van der Waals surface area contributed by atoms with Gasteiger partial charge in [0.1, 0.15) is 23.0 Å². The number of aromatic nitrogens is 4. The van der Waals surface area contributed by atoms with E-state index in [-0.39, 0.29) is 16.2 Å². The largest absolute Gasteiger partial charge is 0.315 e. The van der Waals surface area contributed by atoms with Crippen LogP contribution >= 0.6 is 0 Å². The van der Waals surface area contributed by atoms with Crippen LogP contribution in [0.15, 0.2) is 106 Å². The molecule has 244 valence electrons. The lowest BCUT2D eigenvalue weighted by atomic mass is 10.1. The fourth-order valence-corrected chi connectivity index (χ4v) is 7.43. The van der Waals surface area contributed by atoms with Crippen LogP contribution in [-0.2, 0) is 21.9 Å². The number of carbonyl (C=O) groups excluding carboxylic acids is 1. The van der Waals surface area contributed by atoms with Gasteiger partial charge in [0.2, 0.25) is 10.0 Å². The standard InChI is InChI=1S/C36H35N7O4S/c1-26-33(36(45)43(40(26)2)31-17-9-6-10-18-31)38-35(44)28(24-37)22-29-25-42(30-15-7-5-8-16-30)39-34(29)27-14-13-19-32(23-27)48(46,47)41-20-11-3-4-12-21-41/h5-10,13-19,22-23,25H,3-4,11-12,20-21H2,1-2H3,(H,38,44). The van der Waals surface area contributed by atoms with Crippen molar-refractivity contribution >= 4 is 27.7 Å². The lowest BCUT2D eigenvalue weighted by molar-refractivity contribution is -0.112. The van der Waals surface area contributed by atoms with E-state index in [1.807, 2.05) is 54.6 Å². The van der Waals surface area contributed by atoms with E-state index in [1.54, 1.807) is 65.9 Å². The Morgan fingerprint density at radius 3 is 2.21 bits per heavy atom. The van der Waals surface area contributed by atoms with Gasteiger partial charge in [-0.2, -0.15) is 14.7 Å². The normalized spacial score (nSPS) is 14.3. The maximum Gasteiger partial charge on any atom is 0.295 e. The Balaban J connectivity index is 1.39. The van der Waals surface area contributed by atoms with Gasteiger partial charge in [-0.15, -0.1) is 0 Å². The summed E-state index contributed by atoms with van der Waals surface area (Å²) in [4.78, 5) is 27.1. The summed E-state index contributed by atoms with van der Waals surface area (Å²) in [5.41, 5.74) is 2.54. The highest BCUT2D eigenvalue weighted by atomic mass is 32.2. The minimum atomic E-state index is -3.75. The fourth-order valence-electron chi connectivity index (χ4n) is 5.86. The van der Waals surface area contributed by atoms with Crippen LogP contribution in [0.1, 0.15) is 36.9 Å². The van der Waals surface area contributed by atoms with Crippen LogP contribution in [0.25, 0.3) is 28.7 Å². The van der Waals surface area contributed by atoms with E-state index in [2.05, 4.69) is 5.32 Å². The van der Waals surface area contributed by atoms with Gasteiger partial charge in [-0.1, -0.05) is 61.4 Å². The number of hydrogen-bond donors (Lipinski definition) is 1. The summed E-state index contributed by atoms with van der Waals surface area (Å²) in [6, 6.07) is 26.9. The Hall–Kier alpha value is -5.51. The van der Waals surface area contributed by atoms with Gasteiger partial charge in [-0.25, -0.2) is 17.8 Å². The molecule has 1 fully saturated rings. The molecule has 1 amide bonds. The van der Waals surface area contributed by atoms with E-state index in [0.29, 0.717) is 41.3 Å². The molecule has 0 radical (unpaired) electrons. The van der Waals surface area contributed by atoms with Gasteiger partial charge in [0.05, 0.1) is 22.0 Å². The average Bonchev–Trinajstić information content (AvgIpc) is 3.45. The third-order valence-corrected chi connectivity index (χ3v) is 10.4. The number of nitrogens with zero attached hydrogens (tertiary/aromatic N) is 6. The summed E-state index contributed by atoms with van der Waals surface area (Å²) >= 11 is 0. The van der Waals surface area contributed by atoms with E-state index >= 15 is 0 Å². The molecule has 0 bridgehead atoms. The van der Waals surface area contributed by atoms with Crippen LogP contribution in [0.5, 0.6) is 0 Å². The highest BCUT2D eigenvalue weighted by molar-refractivity contribution is 7.89. The molecule has 0 saturated carbocycles. The van der Waals surface area contributed by atoms with Crippen molar-refractivity contribution in [1.82, 2.24) is 23.4 Å². The SMILES string of the molecule is Cc1c(NC(=O)C(C#N)=Cc2cn(-c3ccccc3)nc2-c2cccc(S(=O)(=O)N3CCCCCC3)c2)c(=O)n(-c2ccccc2)n1C. The summed E-state index contributed by atoms with van der Waals surface area (Å²) < 4.78 is 33.5. The van der Waals surface area contributed by atoms with Crippen LogP contribution in [0.4, 0.5) is 5.69 Å². The van der Waals surface area contributed by atoms with Crippen molar-refractivity contribution in [1.29, 1.82) is 5.26 Å². The third-order valence-electron chi connectivity index (χ3n) is 8.53. The third kappa shape index (κ3) is 6.38. The average molecular weight is 662 g/mol. The van der Waals surface area contributed by atoms with Crippen molar-refractivity contribution in [3.8, 4) is 28.7 Å². The topological polar surface area (TPSA) is 135 Å². The molecule has 2 aromatic heterocycles. The van der Waals surface area contributed by atoms with E-state index < -0.39 is 21.5 Å². The quantitative estimate of drug-likeness (QED) is 0.174. The van der Waals surface area contributed by atoms with Gasteiger partial charge >= 0.3 is 0 Å². The first-order chi connectivity index (χ1) is 23.2. The maximum absolute atomic E-state index is 13.7. The number of hydrogen-bond acceptors (Lipinski definition) is 6. The number of nitrogens with one attached hydrogen (secondary N) is 1. The smallest absolute Gasteiger partial charge is 0.295 e. The second-order valence-corrected chi connectivity index (χ2v) is 13.6. The molecule has 3 aromatic carbocycles. The highest BCUT2D eigenvalue weighted by Crippen LogP contribution is 2.30. The summed E-state index contributed by atoms with van der Waals surface area (Å²) in [6.45, 7) is 2.66. The van der Waals surface area contributed by atoms with Crippen molar-refractivity contribution < 1.29 is 13.2 Å². The Bertz CT molecular complexity index is 2200. The van der Waals surface area contributed by atoms with E-state index in [4.69, 9.17) is 5.10 Å². The summed E-state index contributed by atoms with van der Waals surface area (Å²) in [7, 11) is -2.03. The minimum absolute atomic E-state index is 0.0547. The Labute approximate surface area is 279 Å². The van der Waals surface area contributed by atoms with E-state index in [9.17, 15) is 23.3 Å². The second-order valence-electron chi connectivity index (χ2n) is 11.6. The molecule has 12 heteroatoms. The maximum atomic E-state index is 13.7. The minimum Gasteiger partial charge on any atom is -0.315 e. The van der Waals surface area contributed by atoms with Crippen LogP contribution in [0.3, 0.4) is 0 Å². The van der Waals surface area contributed by atoms with Gasteiger partial charge in [-0.3, -0.25) is 14.3 Å². The molecule has 1 saturated heterocycles. The molecule has 1 N–H and O–H groups in total. The van der Waals surface area contributed by atoms with E-state index in [1.165, 1.54) is 15.1 Å². The molecular formula is C36H35N7O4S. The zero-order chi connectivity index (χ0) is 33.8. The number of carbonyl (C=O) groups is 1. The number of nitriles is 1. The van der Waals surface area contributed by atoms with Crippen molar-refractivity contribution in [3.63, 3.8) is 0 Å². The lowest BCUT2D eigenvalue weighted by Gasteiger charge is -2.20. The van der Waals surface area contributed by atoms with Crippen LogP contribution in [-0.4, -0.2) is 50.9 Å². The number of sulfonamides is 1. The molecule has 1 aliphatic heterocycles. The zero-order valence-electron chi connectivity index (χ0n) is 26.7. The highest BCUT2D eigenvalue weighted by Gasteiger charge is 2.26. The lowest BCUT2D eigenvalue weighted by Crippen LogP contribution is -2.31. The summed E-state index contributed by atoms with van der Waals surface area (Å²) in [5.74, 6) is -0.764. The summed E-state index contributed by atoms with van der Waals surface area (Å²) in [5, 5.41) is 17.6. The Morgan fingerprint density at radius 2 is 1.56 bits per heavy atom. The van der Waals surface area contributed by atoms with Crippen LogP contribution < -0.4 is 10.9 Å². The molecular weight excluding hydrogens is 627 g/mol. The van der Waals surface area contributed by atoms with Gasteiger partial charge < -0.3 is 5.32 Å². The first kappa shape index (κ1) is 32.4. The predicted octanol–water partition coefficient (Wildman–Crippen LogP) is 5.45. The molecule has 0 aliphatic carbocycles. The monoisotopic (exact) mass is 661 g/mol. The molecule has 48 heavy (non-hydrogen) atoms. The number of amides is 1. The van der Waals surface area contributed by atoms with Crippen LogP contribution in [0, 0.1) is 18.3 Å². The first-order valence-electron chi connectivity index (χ1n) is 15.7. The van der Waals surface area contributed by atoms with Crippen molar-refractivity contribution in [2.75, 3.05) is 18.4 Å². The molecule has 5 aromatic rings. The zero-order valence-corrected chi connectivity index (χ0v) is 27.5. The van der Waals surface area contributed by atoms with Crippen molar-refractivity contribution in [2.24, 2.45) is 7.05 Å². The van der Waals surface area contributed by atoms with Gasteiger partial charge in [0, 0.05) is 37.5 Å². The molecule has 6 rings (SSSR count). The van der Waals surface area contributed by atoms with E-state index in [0.717, 1.165) is 31.4 Å². The number of rotatable bonds is 8. The first-order valence-corrected chi connectivity index (χ1v) is 17.2. The Morgan fingerprint density at radius 1 is 0.917 bits per heavy atom. The number of benzene rings is 3. The van der Waals surface area contributed by atoms with Gasteiger partial charge in [0.25, 0.3) is 11.5 Å². The fraction of sp³-hybridized carbons (Fsp3) is 0.222. The van der Waals surface area contributed by atoms with Crippen molar-refractivity contribution in [2.45, 2.75) is 37.5 Å². The van der Waals surface area contributed by atoms with Crippen molar-refractivity contribution in [3.05, 3.63) is 118 Å². The second kappa shape index (κ2) is 13.7. The van der Waals surface area contributed by atoms with Crippen LogP contribution in [0.2, 0.25) is 0 Å². The number of para-hydroxylation sites is 2. The van der Waals surface area contributed by atoms with Gasteiger partial charge in [-0.05, 0) is 62.2 Å². The predicted molar refractivity (Wildman–Crippen MR) is 184 cm³/mol. The number of anilines is 1. The molecule has 3 heterocycles. The molecule has 0 unspecified atom stereocenters. The molecule has 1 aliphatic rings. The molecule has 0 spiro atoms. The molecule has 11 nitrogen and oxygen atoms in total.